The van der Waals surface area contributed by atoms with Crippen molar-refractivity contribution in [1.29, 1.82) is 0 Å². The molecule has 0 radical (unpaired) electrons. The van der Waals surface area contributed by atoms with E-state index >= 15 is 0 Å². The summed E-state index contributed by atoms with van der Waals surface area (Å²) in [6.45, 7) is 0.385. The van der Waals surface area contributed by atoms with Crippen LogP contribution in [0.25, 0.3) is 0 Å². The molecule has 0 aromatic heterocycles. The number of halogens is 1. The molecular formula is C14H18FNO2. The highest BCUT2D eigenvalue weighted by Gasteiger charge is 2.28. The second-order valence-electron chi connectivity index (χ2n) is 4.70. The molecule has 4 heteroatoms. The molecule has 1 aromatic rings. The highest BCUT2D eigenvalue weighted by molar-refractivity contribution is 5.79. The van der Waals surface area contributed by atoms with Crippen LogP contribution in [-0.4, -0.2) is 35.1 Å². The average molecular weight is 251 g/mol. The van der Waals surface area contributed by atoms with Crippen molar-refractivity contribution in [1.82, 2.24) is 4.90 Å². The average Bonchev–Trinajstić information content (AvgIpc) is 2.29. The third-order valence-corrected chi connectivity index (χ3v) is 3.45. The van der Waals surface area contributed by atoms with Crippen LogP contribution >= 0.6 is 0 Å². The Morgan fingerprint density at radius 2 is 2.00 bits per heavy atom. The Labute approximate surface area is 106 Å². The van der Waals surface area contributed by atoms with Gasteiger partial charge in [-0.25, -0.2) is 4.39 Å². The zero-order chi connectivity index (χ0) is 13.0. The van der Waals surface area contributed by atoms with E-state index in [0.717, 1.165) is 24.8 Å². The van der Waals surface area contributed by atoms with Crippen LogP contribution in [0.5, 0.6) is 0 Å². The molecular weight excluding hydrogens is 233 g/mol. The summed E-state index contributed by atoms with van der Waals surface area (Å²) < 4.78 is 12.8. The Kier molecular flexibility index (Phi) is 4.31. The van der Waals surface area contributed by atoms with Crippen molar-refractivity contribution in [2.24, 2.45) is 0 Å². The summed E-state index contributed by atoms with van der Waals surface area (Å²) in [4.78, 5) is 13.9. The van der Waals surface area contributed by atoms with Crippen molar-refractivity contribution < 1.29 is 14.3 Å². The maximum Gasteiger partial charge on any atom is 0.227 e. The van der Waals surface area contributed by atoms with Gasteiger partial charge in [0.1, 0.15) is 5.82 Å². The van der Waals surface area contributed by atoms with Gasteiger partial charge >= 0.3 is 0 Å². The van der Waals surface area contributed by atoms with Gasteiger partial charge in [-0.2, -0.15) is 0 Å². The maximum atomic E-state index is 12.8. The summed E-state index contributed by atoms with van der Waals surface area (Å²) in [5.74, 6) is -0.280. The van der Waals surface area contributed by atoms with E-state index in [1.165, 1.54) is 12.1 Å². The number of carbonyl (C=O) groups excluding carboxylic acids is 1. The van der Waals surface area contributed by atoms with Crippen LogP contribution in [0.15, 0.2) is 24.3 Å². The number of amides is 1. The molecule has 0 heterocycles. The van der Waals surface area contributed by atoms with Gasteiger partial charge in [-0.05, 0) is 37.0 Å². The van der Waals surface area contributed by atoms with Crippen LogP contribution < -0.4 is 0 Å². The fourth-order valence-corrected chi connectivity index (χ4v) is 2.20. The largest absolute Gasteiger partial charge is 0.395 e. The molecule has 1 fully saturated rings. The van der Waals surface area contributed by atoms with Crippen LogP contribution in [0.4, 0.5) is 4.39 Å². The van der Waals surface area contributed by atoms with Crippen LogP contribution in [-0.2, 0) is 11.2 Å². The van der Waals surface area contributed by atoms with Crippen molar-refractivity contribution in [2.45, 2.75) is 31.7 Å². The Hall–Kier alpha value is -1.42. The number of hydrogen-bond donors (Lipinski definition) is 1. The van der Waals surface area contributed by atoms with Crippen LogP contribution in [0.2, 0.25) is 0 Å². The minimum Gasteiger partial charge on any atom is -0.395 e. The molecule has 1 aliphatic carbocycles. The van der Waals surface area contributed by atoms with Crippen LogP contribution in [0.1, 0.15) is 24.8 Å². The molecule has 0 saturated heterocycles. The van der Waals surface area contributed by atoms with Gasteiger partial charge in [0.15, 0.2) is 0 Å². The first-order chi connectivity index (χ1) is 8.70. The second-order valence-corrected chi connectivity index (χ2v) is 4.70. The molecule has 98 valence electrons. The molecule has 18 heavy (non-hydrogen) atoms. The summed E-state index contributed by atoms with van der Waals surface area (Å²) in [5.41, 5.74) is 0.809. The fourth-order valence-electron chi connectivity index (χ4n) is 2.20. The van der Waals surface area contributed by atoms with Gasteiger partial charge in [0.25, 0.3) is 0 Å². The molecule has 1 aromatic carbocycles. The third-order valence-electron chi connectivity index (χ3n) is 3.45. The van der Waals surface area contributed by atoms with E-state index in [9.17, 15) is 9.18 Å². The molecule has 1 amide bonds. The minimum atomic E-state index is -0.294. The lowest BCUT2D eigenvalue weighted by Gasteiger charge is -2.37. The van der Waals surface area contributed by atoms with E-state index in [-0.39, 0.29) is 30.8 Å². The normalized spacial score (nSPS) is 15.2. The molecule has 0 spiro atoms. The quantitative estimate of drug-likeness (QED) is 0.866. The predicted octanol–water partition coefficient (Wildman–Crippen LogP) is 1.74. The Balaban J connectivity index is 1.97. The van der Waals surface area contributed by atoms with Crippen molar-refractivity contribution in [3.8, 4) is 0 Å². The lowest BCUT2D eigenvalue weighted by atomic mass is 9.91. The predicted molar refractivity (Wildman–Crippen MR) is 66.5 cm³/mol. The van der Waals surface area contributed by atoms with Gasteiger partial charge in [-0.1, -0.05) is 12.1 Å². The van der Waals surface area contributed by atoms with Crippen molar-refractivity contribution in [2.75, 3.05) is 13.2 Å². The highest BCUT2D eigenvalue weighted by atomic mass is 19.1. The Morgan fingerprint density at radius 1 is 1.33 bits per heavy atom. The molecule has 0 aliphatic heterocycles. The first kappa shape index (κ1) is 13.0. The topological polar surface area (TPSA) is 40.5 Å². The summed E-state index contributed by atoms with van der Waals surface area (Å²) in [7, 11) is 0. The summed E-state index contributed by atoms with van der Waals surface area (Å²) >= 11 is 0. The monoisotopic (exact) mass is 251 g/mol. The van der Waals surface area contributed by atoms with Crippen molar-refractivity contribution in [3.05, 3.63) is 35.6 Å². The maximum absolute atomic E-state index is 12.8. The first-order valence-corrected chi connectivity index (χ1v) is 6.35. The lowest BCUT2D eigenvalue weighted by molar-refractivity contribution is -0.135. The van der Waals surface area contributed by atoms with E-state index in [0.29, 0.717) is 6.54 Å². The molecule has 2 rings (SSSR count). The summed E-state index contributed by atoms with van der Waals surface area (Å²) in [6.07, 6.45) is 3.47. The molecule has 0 bridgehead atoms. The SMILES string of the molecule is O=C(Cc1ccc(F)cc1)N(CCO)C1CCC1. The van der Waals surface area contributed by atoms with Crippen molar-refractivity contribution >= 4 is 5.91 Å². The first-order valence-electron chi connectivity index (χ1n) is 6.35. The second kappa shape index (κ2) is 5.96. The third kappa shape index (κ3) is 3.07. The van der Waals surface area contributed by atoms with E-state index in [2.05, 4.69) is 0 Å². The standard InChI is InChI=1S/C14H18FNO2/c15-12-6-4-11(5-7-12)10-14(18)16(8-9-17)13-2-1-3-13/h4-7,13,17H,1-3,8-10H2. The molecule has 1 N–H and O–H groups in total. The molecule has 0 unspecified atom stereocenters. The lowest BCUT2D eigenvalue weighted by Crippen LogP contribution is -2.46. The number of benzene rings is 1. The van der Waals surface area contributed by atoms with Gasteiger partial charge in [-0.3, -0.25) is 4.79 Å². The smallest absolute Gasteiger partial charge is 0.227 e. The molecule has 3 nitrogen and oxygen atoms in total. The molecule has 1 saturated carbocycles. The van der Waals surface area contributed by atoms with Crippen LogP contribution in [0, 0.1) is 5.82 Å². The fraction of sp³-hybridized carbons (Fsp3) is 0.500. The van der Waals surface area contributed by atoms with Gasteiger partial charge in [-0.15, -0.1) is 0 Å². The van der Waals surface area contributed by atoms with Gasteiger partial charge < -0.3 is 10.0 Å². The summed E-state index contributed by atoms with van der Waals surface area (Å²) in [6, 6.07) is 6.27. The zero-order valence-corrected chi connectivity index (χ0v) is 10.3. The van der Waals surface area contributed by atoms with Gasteiger partial charge in [0, 0.05) is 12.6 Å². The number of aliphatic hydroxyl groups is 1. The van der Waals surface area contributed by atoms with Gasteiger partial charge in [0.05, 0.1) is 13.0 Å². The Bertz CT molecular complexity index is 401. The minimum absolute atomic E-state index is 0.00828. The number of nitrogens with zero attached hydrogens (tertiary/aromatic N) is 1. The molecule has 1 aliphatic rings. The highest BCUT2D eigenvalue weighted by Crippen LogP contribution is 2.25. The Morgan fingerprint density at radius 3 is 2.50 bits per heavy atom. The van der Waals surface area contributed by atoms with E-state index in [1.807, 2.05) is 0 Å². The van der Waals surface area contributed by atoms with Crippen LogP contribution in [0.3, 0.4) is 0 Å². The number of rotatable bonds is 5. The van der Waals surface area contributed by atoms with E-state index in [4.69, 9.17) is 5.11 Å². The van der Waals surface area contributed by atoms with E-state index in [1.54, 1.807) is 17.0 Å². The zero-order valence-electron chi connectivity index (χ0n) is 10.3. The van der Waals surface area contributed by atoms with Crippen molar-refractivity contribution in [3.63, 3.8) is 0 Å². The molecule has 0 atom stereocenters. The van der Waals surface area contributed by atoms with E-state index < -0.39 is 0 Å². The van der Waals surface area contributed by atoms with Gasteiger partial charge in [0.2, 0.25) is 5.91 Å². The number of carbonyl (C=O) groups is 1. The number of hydrogen-bond acceptors (Lipinski definition) is 2. The number of aliphatic hydroxyl groups excluding tert-OH is 1. The summed E-state index contributed by atoms with van der Waals surface area (Å²) in [5, 5.41) is 9.01.